The summed E-state index contributed by atoms with van der Waals surface area (Å²) in [5.74, 6) is -10.3. The maximum absolute atomic E-state index is 15.0. The second kappa shape index (κ2) is 29.3. The summed E-state index contributed by atoms with van der Waals surface area (Å²) in [4.78, 5) is 149. The first-order valence-electron chi connectivity index (χ1n) is 28.0. The lowest BCUT2D eigenvalue weighted by Crippen LogP contribution is -2.62. The summed E-state index contributed by atoms with van der Waals surface area (Å²) in [6.07, 6.45) is -4.99. The second-order valence-electron chi connectivity index (χ2n) is 23.0. The number of hydrogen-bond acceptors (Lipinski definition) is 15. The standard InChI is InChI=1S/C57H89N7O15/c1-15-33(8)46-44(66)29-45(67)79-49(32(6)7)48(68)34(9)50(69)58-39(26-30(2)3)54(73)64-25-17-19-41(64)56(75)62(13)43(28-37-20-22-38(77-14)23-21-37)57(76)78-36(11)47(52(71)59-46)60-51(70)42(27-31(4)5)61(12)55(74)40-18-16-24-63(40)53(72)35(10)65/h20-23,30-36,39-44,46-47,49,65-66H,15-19,24-29H2,1-14H3,(H,58,69)(H,59,71)(H,60,70)/t33?,34?,35?,36-,39+,40+,41?,42?,43+,44+,46-,47?,49+/m1/s1. The van der Waals surface area contributed by atoms with Gasteiger partial charge < -0.3 is 60.0 Å². The van der Waals surface area contributed by atoms with Gasteiger partial charge in [-0.15, -0.1) is 0 Å². The van der Waals surface area contributed by atoms with E-state index >= 15 is 4.79 Å². The van der Waals surface area contributed by atoms with Gasteiger partial charge in [-0.1, -0.05) is 73.9 Å². The molecule has 3 heterocycles. The van der Waals surface area contributed by atoms with E-state index < -0.39 is 150 Å². The molecule has 0 aromatic heterocycles. The fourth-order valence-electron chi connectivity index (χ4n) is 10.5. The molecular weight excluding hydrogens is 1020 g/mol. The number of Topliss-reactive ketones (excluding diaryl/α,β-unsaturated/α-hetero) is 1. The van der Waals surface area contributed by atoms with Crippen LogP contribution in [0.2, 0.25) is 0 Å². The number of ketones is 1. The van der Waals surface area contributed by atoms with Crippen LogP contribution >= 0.6 is 0 Å². The van der Waals surface area contributed by atoms with Gasteiger partial charge in [-0.25, -0.2) is 4.79 Å². The summed E-state index contributed by atoms with van der Waals surface area (Å²) in [5.41, 5.74) is 0.571. The third kappa shape index (κ3) is 16.9. The van der Waals surface area contributed by atoms with Gasteiger partial charge in [0.25, 0.3) is 5.91 Å². The Kier molecular flexibility index (Phi) is 24.3. The molecule has 7 amide bonds. The van der Waals surface area contributed by atoms with E-state index in [0.29, 0.717) is 30.6 Å². The number of likely N-dealkylation sites (N-methyl/N-ethyl adjacent to an activating group) is 2. The van der Waals surface area contributed by atoms with Crippen LogP contribution in [0.3, 0.4) is 0 Å². The lowest BCUT2D eigenvalue weighted by atomic mass is 9.91. The van der Waals surface area contributed by atoms with Crippen LogP contribution in [0.1, 0.15) is 133 Å². The molecule has 3 aliphatic heterocycles. The highest BCUT2D eigenvalue weighted by atomic mass is 16.6. The van der Waals surface area contributed by atoms with E-state index in [1.165, 1.54) is 61.6 Å². The van der Waals surface area contributed by atoms with Gasteiger partial charge in [0.15, 0.2) is 11.9 Å². The van der Waals surface area contributed by atoms with E-state index in [4.69, 9.17) is 14.2 Å². The zero-order valence-electron chi connectivity index (χ0n) is 48.8. The summed E-state index contributed by atoms with van der Waals surface area (Å²) >= 11 is 0. The molecule has 3 fully saturated rings. The predicted octanol–water partition coefficient (Wildman–Crippen LogP) is 2.32. The highest BCUT2D eigenvalue weighted by molar-refractivity contribution is 6.05. The molecule has 442 valence electrons. The highest BCUT2D eigenvalue weighted by Crippen LogP contribution is 2.27. The van der Waals surface area contributed by atoms with Crippen molar-refractivity contribution in [3.63, 3.8) is 0 Å². The number of nitrogens with one attached hydrogen (secondary N) is 3. The predicted molar refractivity (Wildman–Crippen MR) is 290 cm³/mol. The first kappa shape index (κ1) is 65.4. The Bertz CT molecular complexity index is 2330. The number of esters is 2. The molecule has 22 heteroatoms. The van der Waals surface area contributed by atoms with Crippen molar-refractivity contribution in [2.75, 3.05) is 34.3 Å². The SMILES string of the molecule is CCC(C)[C@H]1NC(=O)C(NC(=O)C(CC(C)C)N(C)C(=O)[C@@H]2CCCN2C(=O)C(C)O)[C@@H](C)OC(=O)[C@H](Cc2ccc(OC)cc2)N(C)C(=O)C2CCCN2C(=O)[C@H](CC(C)C)NC(=O)C(C)C(=O)[C@H](C(C)C)OC(=O)C[C@@H]1O. The highest BCUT2D eigenvalue weighted by Gasteiger charge is 2.46. The summed E-state index contributed by atoms with van der Waals surface area (Å²) < 4.78 is 17.2. The molecule has 4 rings (SSSR count). The number of methoxy groups -OCH3 is 1. The molecule has 79 heavy (non-hydrogen) atoms. The van der Waals surface area contributed by atoms with Crippen LogP contribution < -0.4 is 20.7 Å². The van der Waals surface area contributed by atoms with E-state index in [0.717, 1.165) is 0 Å². The number of likely N-dealkylation sites (tertiary alicyclic amines) is 1. The third-order valence-electron chi connectivity index (χ3n) is 15.5. The Balaban J connectivity index is 1.89. The molecule has 3 saturated heterocycles. The molecule has 5 N–H and O–H groups in total. The van der Waals surface area contributed by atoms with Crippen LogP contribution in [0.25, 0.3) is 0 Å². The minimum Gasteiger partial charge on any atom is -0.497 e. The monoisotopic (exact) mass is 1110 g/mol. The summed E-state index contributed by atoms with van der Waals surface area (Å²) in [7, 11) is 4.29. The molecule has 1 aromatic rings. The maximum atomic E-state index is 15.0. The van der Waals surface area contributed by atoms with Gasteiger partial charge in [0.2, 0.25) is 35.4 Å². The van der Waals surface area contributed by atoms with Crippen LogP contribution in [0.15, 0.2) is 24.3 Å². The van der Waals surface area contributed by atoms with E-state index in [2.05, 4.69) is 16.0 Å². The van der Waals surface area contributed by atoms with Crippen molar-refractivity contribution in [3.8, 4) is 5.75 Å². The van der Waals surface area contributed by atoms with Crippen molar-refractivity contribution in [3.05, 3.63) is 29.8 Å². The molecule has 0 bridgehead atoms. The molecule has 0 spiro atoms. The van der Waals surface area contributed by atoms with Crippen LogP contribution in [-0.4, -0.2) is 190 Å². The number of amides is 7. The molecule has 6 unspecified atom stereocenters. The molecule has 0 saturated carbocycles. The molecule has 3 aliphatic rings. The number of hydrogen-bond donors (Lipinski definition) is 5. The second-order valence-corrected chi connectivity index (χ2v) is 23.0. The van der Waals surface area contributed by atoms with Crippen molar-refractivity contribution in [2.24, 2.45) is 29.6 Å². The van der Waals surface area contributed by atoms with Crippen LogP contribution in [0, 0.1) is 29.6 Å². The number of cyclic esters (lactones) is 2. The molecule has 13 atom stereocenters. The van der Waals surface area contributed by atoms with Crippen molar-refractivity contribution in [2.45, 2.75) is 201 Å². The number of aliphatic hydroxyl groups is 2. The zero-order valence-corrected chi connectivity index (χ0v) is 48.8. The van der Waals surface area contributed by atoms with E-state index in [1.54, 1.807) is 52.0 Å². The van der Waals surface area contributed by atoms with Gasteiger partial charge in [0, 0.05) is 33.6 Å². The Morgan fingerprint density at radius 2 is 1.49 bits per heavy atom. The molecule has 1 aromatic carbocycles. The molecule has 0 aliphatic carbocycles. The lowest BCUT2D eigenvalue weighted by molar-refractivity contribution is -0.163. The topological polar surface area (TPSA) is 288 Å². The van der Waals surface area contributed by atoms with Gasteiger partial charge in [0.1, 0.15) is 54.2 Å². The fraction of sp³-hybridized carbons (Fsp3) is 0.719. The minimum atomic E-state index is -1.76. The number of carbonyl (C=O) groups excluding carboxylic acids is 10. The molecule has 0 radical (unpaired) electrons. The summed E-state index contributed by atoms with van der Waals surface area (Å²) in [6.45, 7) is 18.4. The molecule has 22 nitrogen and oxygen atoms in total. The summed E-state index contributed by atoms with van der Waals surface area (Å²) in [6, 6.07) is -2.19. The van der Waals surface area contributed by atoms with Crippen molar-refractivity contribution >= 4 is 59.1 Å². The number of aliphatic hydroxyl groups excluding tert-OH is 2. The number of ether oxygens (including phenoxy) is 3. The number of benzene rings is 1. The fourth-order valence-corrected chi connectivity index (χ4v) is 10.5. The Labute approximate surface area is 465 Å². The Morgan fingerprint density at radius 3 is 2.06 bits per heavy atom. The zero-order chi connectivity index (χ0) is 59.3. The largest absolute Gasteiger partial charge is 0.497 e. The minimum absolute atomic E-state index is 0.0720. The average Bonchev–Trinajstić information content (AvgIpc) is 4.13. The van der Waals surface area contributed by atoms with E-state index in [1.807, 2.05) is 27.7 Å². The van der Waals surface area contributed by atoms with Gasteiger partial charge in [-0.05, 0) is 101 Å². The Morgan fingerprint density at radius 1 is 0.861 bits per heavy atom. The van der Waals surface area contributed by atoms with E-state index in [-0.39, 0.29) is 57.0 Å². The van der Waals surface area contributed by atoms with Gasteiger partial charge in [0.05, 0.1) is 31.6 Å². The summed E-state index contributed by atoms with van der Waals surface area (Å²) in [5, 5.41) is 30.2. The molecular formula is C57H89N7O15. The van der Waals surface area contributed by atoms with Crippen LogP contribution in [0.5, 0.6) is 5.75 Å². The van der Waals surface area contributed by atoms with Crippen molar-refractivity contribution in [1.82, 2.24) is 35.6 Å². The number of nitrogens with zero attached hydrogens (tertiary/aromatic N) is 4. The van der Waals surface area contributed by atoms with Crippen molar-refractivity contribution < 1.29 is 72.4 Å². The van der Waals surface area contributed by atoms with Gasteiger partial charge in [-0.2, -0.15) is 0 Å². The number of carbonyl (C=O) groups is 10. The van der Waals surface area contributed by atoms with Crippen LogP contribution in [-0.2, 0) is 63.8 Å². The van der Waals surface area contributed by atoms with E-state index in [9.17, 15) is 53.4 Å². The number of fused-ring (bicyclic) bond motifs is 1. The van der Waals surface area contributed by atoms with Gasteiger partial charge >= 0.3 is 11.9 Å². The third-order valence-corrected chi connectivity index (χ3v) is 15.5. The van der Waals surface area contributed by atoms with Crippen LogP contribution in [0.4, 0.5) is 0 Å². The first-order chi connectivity index (χ1) is 37.0. The maximum Gasteiger partial charge on any atom is 0.329 e. The smallest absolute Gasteiger partial charge is 0.329 e. The van der Waals surface area contributed by atoms with Gasteiger partial charge in [-0.3, -0.25) is 43.2 Å². The Hall–Kier alpha value is -6.16. The number of rotatable bonds is 15. The first-order valence-corrected chi connectivity index (χ1v) is 28.0. The lowest BCUT2D eigenvalue weighted by Gasteiger charge is -2.36. The normalized spacial score (nSPS) is 27.7. The quantitative estimate of drug-likeness (QED) is 0.124. The average molecular weight is 1110 g/mol. The van der Waals surface area contributed by atoms with Crippen molar-refractivity contribution in [1.29, 1.82) is 0 Å².